The molecule has 0 aliphatic rings. The van der Waals surface area contributed by atoms with Crippen molar-refractivity contribution >= 4 is 19.6 Å². The van der Waals surface area contributed by atoms with Crippen molar-refractivity contribution in [2.45, 2.75) is 0 Å². The molecule has 0 aliphatic heterocycles. The van der Waals surface area contributed by atoms with Gasteiger partial charge in [-0.15, -0.1) is 0 Å². The predicted octanol–water partition coefficient (Wildman–Crippen LogP) is 0.285. The smallest absolute Gasteiger partial charge is 0.150 e. The zero-order valence-corrected chi connectivity index (χ0v) is 15.1. The summed E-state index contributed by atoms with van der Waals surface area (Å²) in [7, 11) is 5.37. The molecule has 0 aromatic heterocycles. The van der Waals surface area contributed by atoms with Crippen molar-refractivity contribution in [2.24, 2.45) is 0 Å². The van der Waals surface area contributed by atoms with Gasteiger partial charge in [-0.25, -0.2) is 0 Å². The van der Waals surface area contributed by atoms with Gasteiger partial charge in [0.25, 0.3) is 0 Å². The van der Waals surface area contributed by atoms with E-state index in [1.807, 2.05) is 0 Å². The second-order valence-corrected chi connectivity index (χ2v) is 1.78. The van der Waals surface area contributed by atoms with Gasteiger partial charge in [-0.05, 0) is 0 Å². The molecule has 51 valence electrons. The topological polar surface area (TPSA) is 17.1 Å². The number of carbonyl (C=O) groups excluding carboxylic acids is 1. The van der Waals surface area contributed by atoms with Crippen LogP contribution >= 0.6 is 0 Å². The van der Waals surface area contributed by atoms with Gasteiger partial charge in [-0.2, -0.15) is 0 Å². The summed E-state index contributed by atoms with van der Waals surface area (Å²) in [5, 5.41) is 0. The predicted molar refractivity (Wildman–Crippen MR) is 37.2 cm³/mol. The molecular formula is C7H5BOY3. The Bertz CT molecular complexity index is 212. The summed E-state index contributed by atoms with van der Waals surface area (Å²) in [5.74, 6) is 0. The SMILES string of the molecule is [B]c1ccc(C=O)cc1.[Y].[Y].[Y]. The Morgan fingerprint density at radius 1 is 1.00 bits per heavy atom. The molecule has 0 amide bonds. The van der Waals surface area contributed by atoms with E-state index in [1.165, 1.54) is 0 Å². The second-order valence-electron chi connectivity index (χ2n) is 1.78. The van der Waals surface area contributed by atoms with Crippen molar-refractivity contribution in [1.29, 1.82) is 0 Å². The summed E-state index contributed by atoms with van der Waals surface area (Å²) in [6.07, 6.45) is 0.791. The van der Waals surface area contributed by atoms with Gasteiger partial charge in [0.2, 0.25) is 0 Å². The fourth-order valence-electron chi connectivity index (χ4n) is 0.575. The van der Waals surface area contributed by atoms with E-state index >= 15 is 0 Å². The Morgan fingerprint density at radius 3 is 1.75 bits per heavy atom. The molecule has 0 saturated carbocycles. The third-order valence-electron chi connectivity index (χ3n) is 1.07. The van der Waals surface area contributed by atoms with E-state index in [9.17, 15) is 4.79 Å². The maximum atomic E-state index is 10.1. The molecule has 5 heteroatoms. The molecule has 0 aliphatic carbocycles. The number of rotatable bonds is 1. The van der Waals surface area contributed by atoms with Crippen LogP contribution in [-0.4, -0.2) is 14.1 Å². The van der Waals surface area contributed by atoms with Crippen LogP contribution in [0.2, 0.25) is 0 Å². The van der Waals surface area contributed by atoms with E-state index in [2.05, 4.69) is 0 Å². The molecule has 12 heavy (non-hydrogen) atoms. The van der Waals surface area contributed by atoms with Gasteiger partial charge < -0.3 is 0 Å². The van der Waals surface area contributed by atoms with E-state index in [-0.39, 0.29) is 98.1 Å². The van der Waals surface area contributed by atoms with Gasteiger partial charge in [-0.3, -0.25) is 4.79 Å². The van der Waals surface area contributed by atoms with Crippen LogP contribution in [0.4, 0.5) is 0 Å². The van der Waals surface area contributed by atoms with Crippen LogP contribution in [0.5, 0.6) is 0 Å². The summed E-state index contributed by atoms with van der Waals surface area (Å²) in [5.41, 5.74) is 1.34. The van der Waals surface area contributed by atoms with Crippen molar-refractivity contribution in [1.82, 2.24) is 0 Å². The average Bonchev–Trinajstić information content (AvgIpc) is 1.90. The molecule has 0 N–H and O–H groups in total. The normalized spacial score (nSPS) is 6.67. The Labute approximate surface area is 149 Å². The minimum absolute atomic E-state index is 0. The van der Waals surface area contributed by atoms with Crippen molar-refractivity contribution in [3.8, 4) is 0 Å². The fraction of sp³-hybridized carbons (Fsp3) is 0. The monoisotopic (exact) mass is 383 g/mol. The number of hydrogen-bond acceptors (Lipinski definition) is 1. The zero-order valence-electron chi connectivity index (χ0n) is 6.60. The van der Waals surface area contributed by atoms with E-state index in [0.29, 0.717) is 11.0 Å². The van der Waals surface area contributed by atoms with Gasteiger partial charge in [0.15, 0.2) is 0 Å². The van der Waals surface area contributed by atoms with E-state index in [0.717, 1.165) is 6.29 Å². The maximum absolute atomic E-state index is 10.1. The Balaban J connectivity index is -0.000000270. The molecule has 1 aromatic rings. The third-order valence-corrected chi connectivity index (χ3v) is 1.07. The van der Waals surface area contributed by atoms with E-state index in [4.69, 9.17) is 7.85 Å². The molecule has 0 heterocycles. The molecule has 0 fully saturated rings. The van der Waals surface area contributed by atoms with Gasteiger partial charge in [0, 0.05) is 104 Å². The summed E-state index contributed by atoms with van der Waals surface area (Å²) < 4.78 is 0. The molecule has 1 nitrogen and oxygen atoms in total. The van der Waals surface area contributed by atoms with Crippen LogP contribution in [0.1, 0.15) is 10.4 Å². The average molecular weight is 383 g/mol. The Hall–Kier alpha value is 2.27. The molecular weight excluding hydrogens is 378 g/mol. The first-order valence-electron chi connectivity index (χ1n) is 2.63. The zero-order chi connectivity index (χ0) is 6.69. The molecule has 0 saturated heterocycles. The molecule has 1 rings (SSSR count). The van der Waals surface area contributed by atoms with Crippen molar-refractivity contribution < 1.29 is 103 Å². The van der Waals surface area contributed by atoms with Crippen molar-refractivity contribution in [2.75, 3.05) is 0 Å². The van der Waals surface area contributed by atoms with Crippen LogP contribution in [0.3, 0.4) is 0 Å². The van der Waals surface area contributed by atoms with Gasteiger partial charge in [0.05, 0.1) is 0 Å². The third kappa shape index (κ3) is 7.65. The van der Waals surface area contributed by atoms with Gasteiger partial charge >= 0.3 is 0 Å². The Morgan fingerprint density at radius 2 is 1.42 bits per heavy atom. The Kier molecular flexibility index (Phi) is 18.7. The summed E-state index contributed by atoms with van der Waals surface area (Å²) in [6, 6.07) is 6.76. The largest absolute Gasteiger partial charge is 0.298 e. The molecule has 0 bridgehead atoms. The van der Waals surface area contributed by atoms with Crippen LogP contribution in [0.15, 0.2) is 24.3 Å². The second kappa shape index (κ2) is 11.3. The van der Waals surface area contributed by atoms with E-state index < -0.39 is 0 Å². The van der Waals surface area contributed by atoms with Crippen molar-refractivity contribution in [3.05, 3.63) is 29.8 Å². The maximum Gasteiger partial charge on any atom is 0.150 e. The van der Waals surface area contributed by atoms with Gasteiger partial charge in [-0.1, -0.05) is 29.7 Å². The van der Waals surface area contributed by atoms with Crippen LogP contribution < -0.4 is 5.46 Å². The summed E-state index contributed by atoms with van der Waals surface area (Å²) in [6.45, 7) is 0. The molecule has 0 atom stereocenters. The molecule has 0 unspecified atom stereocenters. The number of carbonyl (C=O) groups is 1. The number of aldehydes is 1. The standard InChI is InChI=1S/C7H5BO.3Y/c8-7-3-1-6(5-9)2-4-7;;;/h1-5H;;;. The van der Waals surface area contributed by atoms with Crippen molar-refractivity contribution in [3.63, 3.8) is 0 Å². The van der Waals surface area contributed by atoms with Crippen LogP contribution in [0.25, 0.3) is 0 Å². The number of hydrogen-bond donors (Lipinski definition) is 0. The fourth-order valence-corrected chi connectivity index (χ4v) is 0.575. The first-order valence-corrected chi connectivity index (χ1v) is 2.63. The van der Waals surface area contributed by atoms with Crippen LogP contribution in [-0.2, 0) is 98.1 Å². The quantitative estimate of drug-likeness (QED) is 0.504. The minimum atomic E-state index is 0. The first-order chi connectivity index (χ1) is 4.33. The number of benzene rings is 1. The van der Waals surface area contributed by atoms with Crippen LogP contribution in [0, 0.1) is 0 Å². The minimum Gasteiger partial charge on any atom is -0.298 e. The summed E-state index contributed by atoms with van der Waals surface area (Å²) >= 11 is 0. The molecule has 0 spiro atoms. The molecule has 5 radical (unpaired) electrons. The van der Waals surface area contributed by atoms with E-state index in [1.54, 1.807) is 24.3 Å². The summed E-state index contributed by atoms with van der Waals surface area (Å²) in [4.78, 5) is 10.1. The van der Waals surface area contributed by atoms with Gasteiger partial charge in [0.1, 0.15) is 14.1 Å². The molecule has 1 aromatic carbocycles. The first kappa shape index (κ1) is 19.8.